The number of carbonyl (C=O) groups excluding carboxylic acids is 1. The predicted octanol–water partition coefficient (Wildman–Crippen LogP) is 3.14. The van der Waals surface area contributed by atoms with Crippen molar-refractivity contribution in [1.82, 2.24) is 0 Å². The lowest BCUT2D eigenvalue weighted by Crippen LogP contribution is -2.10. The average Bonchev–Trinajstić information content (AvgIpc) is 2.28. The van der Waals surface area contributed by atoms with Crippen molar-refractivity contribution in [3.05, 3.63) is 29.3 Å². The molecule has 0 amide bonds. The second-order valence-electron chi connectivity index (χ2n) is 4.53. The Morgan fingerprint density at radius 3 is 2.61 bits per heavy atom. The lowest BCUT2D eigenvalue weighted by atomic mass is 10.1. The van der Waals surface area contributed by atoms with Gasteiger partial charge in [-0.25, -0.2) is 13.6 Å². The van der Waals surface area contributed by atoms with Crippen molar-refractivity contribution in [2.45, 2.75) is 26.7 Å². The molecule has 0 aliphatic heterocycles. The van der Waals surface area contributed by atoms with Crippen molar-refractivity contribution in [3.63, 3.8) is 0 Å². The second-order valence-corrected chi connectivity index (χ2v) is 4.53. The minimum atomic E-state index is -0.872. The molecule has 0 heterocycles. The Morgan fingerprint density at radius 2 is 2.00 bits per heavy atom. The molecule has 5 heteroatoms. The van der Waals surface area contributed by atoms with Gasteiger partial charge in [0.15, 0.2) is 0 Å². The largest absolute Gasteiger partial charge is 0.462 e. The summed E-state index contributed by atoms with van der Waals surface area (Å²) < 4.78 is 31.4. The summed E-state index contributed by atoms with van der Waals surface area (Å²) in [6.07, 6.45) is 1.61. The van der Waals surface area contributed by atoms with Gasteiger partial charge in [0.1, 0.15) is 11.6 Å². The highest BCUT2D eigenvalue weighted by Crippen LogP contribution is 2.17. The maximum atomic E-state index is 13.4. The lowest BCUT2D eigenvalue weighted by molar-refractivity contribution is 0.0489. The second kappa shape index (κ2) is 6.33. The van der Waals surface area contributed by atoms with Gasteiger partial charge in [0.25, 0.3) is 0 Å². The van der Waals surface area contributed by atoms with E-state index in [9.17, 15) is 13.6 Å². The first-order valence-corrected chi connectivity index (χ1v) is 5.83. The van der Waals surface area contributed by atoms with Crippen LogP contribution in [0, 0.1) is 17.6 Å². The van der Waals surface area contributed by atoms with E-state index < -0.39 is 23.2 Å². The highest BCUT2D eigenvalue weighted by Gasteiger charge is 2.16. The van der Waals surface area contributed by atoms with Crippen LogP contribution in [0.25, 0.3) is 0 Å². The Morgan fingerprint density at radius 1 is 1.33 bits per heavy atom. The standard InChI is InChI=1S/C13H17F2NO2/c1-8(2)4-3-5-18-13(17)9-6-11(15)12(16)7-10(9)14/h6-8H,3-5,16H2,1-2H3. The van der Waals surface area contributed by atoms with E-state index in [-0.39, 0.29) is 12.3 Å². The van der Waals surface area contributed by atoms with Crippen LogP contribution in [0.15, 0.2) is 12.1 Å². The Hall–Kier alpha value is -1.65. The third-order valence-electron chi connectivity index (χ3n) is 2.47. The maximum Gasteiger partial charge on any atom is 0.341 e. The van der Waals surface area contributed by atoms with Crippen molar-refractivity contribution in [1.29, 1.82) is 0 Å². The van der Waals surface area contributed by atoms with Gasteiger partial charge in [-0.3, -0.25) is 0 Å². The number of nitrogens with two attached hydrogens (primary N) is 1. The zero-order valence-electron chi connectivity index (χ0n) is 10.5. The molecular formula is C13H17F2NO2. The lowest BCUT2D eigenvalue weighted by Gasteiger charge is -2.08. The molecule has 100 valence electrons. The molecule has 2 N–H and O–H groups in total. The molecule has 0 radical (unpaired) electrons. The van der Waals surface area contributed by atoms with Crippen molar-refractivity contribution < 1.29 is 18.3 Å². The molecule has 0 saturated carbocycles. The average molecular weight is 257 g/mol. The topological polar surface area (TPSA) is 52.3 Å². The van der Waals surface area contributed by atoms with Crippen molar-refractivity contribution >= 4 is 11.7 Å². The van der Waals surface area contributed by atoms with E-state index in [0.717, 1.165) is 18.6 Å². The molecule has 0 unspecified atom stereocenters. The highest BCUT2D eigenvalue weighted by molar-refractivity contribution is 5.90. The number of hydrogen-bond donors (Lipinski definition) is 1. The van der Waals surface area contributed by atoms with E-state index in [0.29, 0.717) is 12.3 Å². The van der Waals surface area contributed by atoms with Gasteiger partial charge in [-0.2, -0.15) is 0 Å². The number of benzene rings is 1. The normalized spacial score (nSPS) is 10.7. The summed E-state index contributed by atoms with van der Waals surface area (Å²) in [5, 5.41) is 0. The number of rotatable bonds is 5. The fourth-order valence-corrected chi connectivity index (χ4v) is 1.45. The molecule has 1 rings (SSSR count). The third kappa shape index (κ3) is 3.98. The summed E-state index contributed by atoms with van der Waals surface area (Å²) >= 11 is 0. The van der Waals surface area contributed by atoms with Gasteiger partial charge in [0, 0.05) is 6.07 Å². The van der Waals surface area contributed by atoms with Gasteiger partial charge >= 0.3 is 5.97 Å². The highest BCUT2D eigenvalue weighted by atomic mass is 19.1. The van der Waals surface area contributed by atoms with Gasteiger partial charge in [-0.15, -0.1) is 0 Å². The van der Waals surface area contributed by atoms with Gasteiger partial charge in [-0.1, -0.05) is 13.8 Å². The summed E-state index contributed by atoms with van der Waals surface area (Å²) in [5.74, 6) is -2.06. The first kappa shape index (κ1) is 14.4. The predicted molar refractivity (Wildman–Crippen MR) is 65.1 cm³/mol. The number of hydrogen-bond acceptors (Lipinski definition) is 3. The fourth-order valence-electron chi connectivity index (χ4n) is 1.45. The van der Waals surface area contributed by atoms with Gasteiger partial charge in [0.2, 0.25) is 0 Å². The molecular weight excluding hydrogens is 240 g/mol. The van der Waals surface area contributed by atoms with Crippen molar-refractivity contribution in [2.75, 3.05) is 12.3 Å². The first-order chi connectivity index (χ1) is 8.41. The third-order valence-corrected chi connectivity index (χ3v) is 2.47. The molecule has 1 aromatic rings. The number of carbonyl (C=O) groups is 1. The summed E-state index contributed by atoms with van der Waals surface area (Å²) in [7, 11) is 0. The molecule has 0 aliphatic carbocycles. The van der Waals surface area contributed by atoms with Gasteiger partial charge in [-0.05, 0) is 24.8 Å². The number of anilines is 1. The van der Waals surface area contributed by atoms with Crippen molar-refractivity contribution in [2.24, 2.45) is 5.92 Å². The van der Waals surface area contributed by atoms with Crippen LogP contribution in [-0.2, 0) is 4.74 Å². The summed E-state index contributed by atoms with van der Waals surface area (Å²) in [5.41, 5.74) is 4.42. The minimum Gasteiger partial charge on any atom is -0.462 e. The molecule has 18 heavy (non-hydrogen) atoms. The molecule has 0 saturated heterocycles. The van der Waals surface area contributed by atoms with Crippen LogP contribution in [0.1, 0.15) is 37.0 Å². The van der Waals surface area contributed by atoms with E-state index in [1.807, 2.05) is 0 Å². The van der Waals surface area contributed by atoms with Crippen LogP contribution in [0.2, 0.25) is 0 Å². The Kier molecular flexibility index (Phi) is 5.07. The van der Waals surface area contributed by atoms with Gasteiger partial charge in [0.05, 0.1) is 17.9 Å². The Balaban J connectivity index is 2.59. The number of esters is 1. The van der Waals surface area contributed by atoms with Crippen LogP contribution in [-0.4, -0.2) is 12.6 Å². The van der Waals surface area contributed by atoms with E-state index in [1.165, 1.54) is 0 Å². The fraction of sp³-hybridized carbons (Fsp3) is 0.462. The number of halogens is 2. The first-order valence-electron chi connectivity index (χ1n) is 5.83. The smallest absolute Gasteiger partial charge is 0.341 e. The molecule has 0 fully saturated rings. The molecule has 0 bridgehead atoms. The van der Waals surface area contributed by atoms with Gasteiger partial charge < -0.3 is 10.5 Å². The summed E-state index contributed by atoms with van der Waals surface area (Å²) in [6, 6.07) is 1.54. The summed E-state index contributed by atoms with van der Waals surface area (Å²) in [4.78, 5) is 11.5. The maximum absolute atomic E-state index is 13.4. The van der Waals surface area contributed by atoms with Crippen LogP contribution in [0.4, 0.5) is 14.5 Å². The van der Waals surface area contributed by atoms with Crippen LogP contribution in [0.5, 0.6) is 0 Å². The number of ether oxygens (including phenoxy) is 1. The monoisotopic (exact) mass is 257 g/mol. The van der Waals surface area contributed by atoms with Crippen LogP contribution in [0.3, 0.4) is 0 Å². The van der Waals surface area contributed by atoms with E-state index >= 15 is 0 Å². The quantitative estimate of drug-likeness (QED) is 0.501. The SMILES string of the molecule is CC(C)CCCOC(=O)c1cc(F)c(N)cc1F. The number of nitrogen functional groups attached to an aromatic ring is 1. The van der Waals surface area contributed by atoms with Crippen LogP contribution >= 0.6 is 0 Å². The van der Waals surface area contributed by atoms with E-state index in [4.69, 9.17) is 10.5 Å². The molecule has 0 spiro atoms. The molecule has 0 aromatic heterocycles. The molecule has 3 nitrogen and oxygen atoms in total. The van der Waals surface area contributed by atoms with Crippen molar-refractivity contribution in [3.8, 4) is 0 Å². The minimum absolute atomic E-state index is 0.197. The zero-order valence-corrected chi connectivity index (χ0v) is 10.5. The van der Waals surface area contributed by atoms with Crippen LogP contribution < -0.4 is 5.73 Å². The Bertz CT molecular complexity index is 433. The molecule has 1 aromatic carbocycles. The Labute approximate surface area is 105 Å². The van der Waals surface area contributed by atoms with E-state index in [1.54, 1.807) is 0 Å². The zero-order chi connectivity index (χ0) is 13.7. The molecule has 0 atom stereocenters. The van der Waals surface area contributed by atoms with E-state index in [2.05, 4.69) is 13.8 Å². The molecule has 0 aliphatic rings. The summed E-state index contributed by atoms with van der Waals surface area (Å²) in [6.45, 7) is 4.30.